The van der Waals surface area contributed by atoms with Crippen molar-refractivity contribution in [3.05, 3.63) is 70.8 Å². The molecular weight excluding hydrogens is 344 g/mol. The number of ketones is 1. The van der Waals surface area contributed by atoms with Crippen LogP contribution in [0.25, 0.3) is 0 Å². The molecule has 0 saturated heterocycles. The molecule has 0 bridgehead atoms. The van der Waals surface area contributed by atoms with Crippen LogP contribution in [0.15, 0.2) is 48.5 Å². The van der Waals surface area contributed by atoms with E-state index >= 15 is 0 Å². The van der Waals surface area contributed by atoms with Gasteiger partial charge in [0.2, 0.25) is 5.91 Å². The summed E-state index contributed by atoms with van der Waals surface area (Å²) in [6.07, 6.45) is 0. The molecule has 0 saturated carbocycles. The maximum atomic E-state index is 12.2. The molecule has 2 aromatic carbocycles. The Bertz CT molecular complexity index is 962. The fraction of sp³-hybridized carbons (Fsp3) is 0.143. The first kappa shape index (κ1) is 18.1. The van der Waals surface area contributed by atoms with Crippen LogP contribution in [0.4, 0.5) is 0 Å². The van der Waals surface area contributed by atoms with E-state index in [0.29, 0.717) is 16.7 Å². The predicted octanol–water partition coefficient (Wildman–Crippen LogP) is 1.65. The number of Topliss-reactive ketones (excluding diaryl/α,β-unsaturated/α-hetero) is 1. The lowest BCUT2D eigenvalue weighted by Crippen LogP contribution is -2.40. The van der Waals surface area contributed by atoms with Gasteiger partial charge < -0.3 is 5.32 Å². The highest BCUT2D eigenvalue weighted by Crippen LogP contribution is 2.21. The molecule has 0 fully saturated rings. The van der Waals surface area contributed by atoms with E-state index in [4.69, 9.17) is 0 Å². The van der Waals surface area contributed by atoms with Crippen molar-refractivity contribution in [3.63, 3.8) is 0 Å². The van der Waals surface area contributed by atoms with Gasteiger partial charge in [-0.15, -0.1) is 0 Å². The minimum absolute atomic E-state index is 0.0186. The molecule has 3 amide bonds. The molecule has 0 unspecified atom stereocenters. The topological polar surface area (TPSA) is 83.6 Å². The van der Waals surface area contributed by atoms with Gasteiger partial charge in [0.05, 0.1) is 17.7 Å². The number of benzene rings is 2. The Morgan fingerprint density at radius 3 is 2.11 bits per heavy atom. The van der Waals surface area contributed by atoms with Crippen molar-refractivity contribution in [2.75, 3.05) is 13.1 Å². The van der Waals surface area contributed by atoms with Crippen LogP contribution >= 0.6 is 0 Å². The van der Waals surface area contributed by atoms with Crippen molar-refractivity contribution in [2.45, 2.75) is 6.92 Å². The van der Waals surface area contributed by atoms with E-state index in [9.17, 15) is 19.2 Å². The van der Waals surface area contributed by atoms with E-state index in [1.54, 1.807) is 48.5 Å². The normalized spacial score (nSPS) is 12.3. The summed E-state index contributed by atoms with van der Waals surface area (Å²) in [4.78, 5) is 48.6. The first-order valence-corrected chi connectivity index (χ1v) is 8.29. The van der Waals surface area contributed by atoms with Crippen LogP contribution in [-0.4, -0.2) is 41.5 Å². The third-order valence-electron chi connectivity index (χ3n) is 4.08. The highest BCUT2D eigenvalue weighted by molar-refractivity contribution is 6.22. The van der Waals surface area contributed by atoms with Gasteiger partial charge in [0, 0.05) is 11.1 Å². The zero-order chi connectivity index (χ0) is 19.4. The molecule has 3 rings (SSSR count). The number of nitrogens with zero attached hydrogens (tertiary/aromatic N) is 1. The summed E-state index contributed by atoms with van der Waals surface area (Å²) in [5, 5.41) is 2.56. The number of hydrogen-bond acceptors (Lipinski definition) is 4. The van der Waals surface area contributed by atoms with Crippen molar-refractivity contribution in [2.24, 2.45) is 0 Å². The van der Waals surface area contributed by atoms with Gasteiger partial charge in [-0.05, 0) is 31.2 Å². The van der Waals surface area contributed by atoms with Crippen LogP contribution < -0.4 is 5.32 Å². The van der Waals surface area contributed by atoms with Crippen LogP contribution in [0.2, 0.25) is 0 Å². The van der Waals surface area contributed by atoms with Gasteiger partial charge in [-0.3, -0.25) is 24.1 Å². The molecule has 1 aliphatic rings. The summed E-state index contributed by atoms with van der Waals surface area (Å²) < 4.78 is 0. The molecule has 0 spiro atoms. The number of amides is 3. The standard InChI is InChI=1S/C21H16N2O4/c1-14(24)16-10-8-15(9-11-16)5-4-12-22-19(25)13-23-20(26)17-6-2-3-7-18(17)21(23)27/h2-3,6-11H,12-13H2,1H3,(H,22,25). The fourth-order valence-corrected chi connectivity index (χ4v) is 2.66. The van der Waals surface area contributed by atoms with E-state index in [2.05, 4.69) is 17.2 Å². The number of fused-ring (bicyclic) bond motifs is 1. The van der Waals surface area contributed by atoms with Crippen LogP contribution in [-0.2, 0) is 4.79 Å². The van der Waals surface area contributed by atoms with Crippen molar-refractivity contribution >= 4 is 23.5 Å². The minimum Gasteiger partial charge on any atom is -0.344 e. The quantitative estimate of drug-likeness (QED) is 0.511. The number of rotatable bonds is 4. The van der Waals surface area contributed by atoms with E-state index in [1.165, 1.54) is 6.92 Å². The second kappa shape index (κ2) is 7.67. The van der Waals surface area contributed by atoms with Crippen LogP contribution in [0.1, 0.15) is 43.6 Å². The first-order chi connectivity index (χ1) is 13.0. The predicted molar refractivity (Wildman–Crippen MR) is 98.1 cm³/mol. The zero-order valence-electron chi connectivity index (χ0n) is 14.6. The molecule has 6 nitrogen and oxygen atoms in total. The zero-order valence-corrected chi connectivity index (χ0v) is 14.6. The molecule has 2 aromatic rings. The van der Waals surface area contributed by atoms with Crippen molar-refractivity contribution < 1.29 is 19.2 Å². The Balaban J connectivity index is 1.53. The third-order valence-corrected chi connectivity index (χ3v) is 4.08. The smallest absolute Gasteiger partial charge is 0.262 e. The summed E-state index contributed by atoms with van der Waals surface area (Å²) in [6.45, 7) is 1.22. The molecule has 1 aliphatic heterocycles. The van der Waals surface area contributed by atoms with E-state index in [1.807, 2.05) is 0 Å². The molecular formula is C21H16N2O4. The molecule has 0 aliphatic carbocycles. The second-order valence-electron chi connectivity index (χ2n) is 5.95. The monoisotopic (exact) mass is 360 g/mol. The summed E-state index contributed by atoms with van der Waals surface area (Å²) in [6, 6.07) is 13.3. The van der Waals surface area contributed by atoms with Crippen molar-refractivity contribution in [1.82, 2.24) is 10.2 Å². The number of nitrogens with one attached hydrogen (secondary N) is 1. The lowest BCUT2D eigenvalue weighted by atomic mass is 10.1. The average Bonchev–Trinajstić information content (AvgIpc) is 2.91. The first-order valence-electron chi connectivity index (χ1n) is 8.29. The maximum absolute atomic E-state index is 12.2. The minimum atomic E-state index is -0.470. The van der Waals surface area contributed by atoms with Gasteiger partial charge >= 0.3 is 0 Å². The summed E-state index contributed by atoms with van der Waals surface area (Å²) in [5.41, 5.74) is 1.94. The van der Waals surface area contributed by atoms with Gasteiger partial charge in [-0.2, -0.15) is 0 Å². The van der Waals surface area contributed by atoms with Gasteiger partial charge in [0.25, 0.3) is 11.8 Å². The Morgan fingerprint density at radius 2 is 1.56 bits per heavy atom. The van der Waals surface area contributed by atoms with Crippen molar-refractivity contribution in [3.8, 4) is 11.8 Å². The van der Waals surface area contributed by atoms with Crippen molar-refractivity contribution in [1.29, 1.82) is 0 Å². The third kappa shape index (κ3) is 3.93. The maximum Gasteiger partial charge on any atom is 0.262 e. The van der Waals surface area contributed by atoms with Crippen LogP contribution in [0, 0.1) is 11.8 Å². The lowest BCUT2D eigenvalue weighted by molar-refractivity contribution is -0.121. The van der Waals surface area contributed by atoms with E-state index in [-0.39, 0.29) is 18.9 Å². The molecule has 27 heavy (non-hydrogen) atoms. The number of carbonyl (C=O) groups excluding carboxylic acids is 4. The van der Waals surface area contributed by atoms with Gasteiger partial charge in [0.15, 0.2) is 5.78 Å². The molecule has 0 radical (unpaired) electrons. The Hall–Kier alpha value is -3.72. The molecule has 6 heteroatoms. The lowest BCUT2D eigenvalue weighted by Gasteiger charge is -2.12. The van der Waals surface area contributed by atoms with Crippen LogP contribution in [0.5, 0.6) is 0 Å². The number of imide groups is 1. The second-order valence-corrected chi connectivity index (χ2v) is 5.95. The number of hydrogen-bond donors (Lipinski definition) is 1. The van der Waals surface area contributed by atoms with Gasteiger partial charge in [-0.25, -0.2) is 0 Å². The van der Waals surface area contributed by atoms with E-state index in [0.717, 1.165) is 10.5 Å². The van der Waals surface area contributed by atoms with E-state index < -0.39 is 17.7 Å². The molecule has 1 heterocycles. The Morgan fingerprint density at radius 1 is 0.963 bits per heavy atom. The SMILES string of the molecule is CC(=O)c1ccc(C#CCNC(=O)CN2C(=O)c3ccccc3C2=O)cc1. The van der Waals surface area contributed by atoms with Crippen LogP contribution in [0.3, 0.4) is 0 Å². The summed E-state index contributed by atoms with van der Waals surface area (Å²) in [5.74, 6) is 4.23. The van der Waals surface area contributed by atoms with Gasteiger partial charge in [0.1, 0.15) is 6.54 Å². The fourth-order valence-electron chi connectivity index (χ4n) is 2.66. The van der Waals surface area contributed by atoms with Gasteiger partial charge in [-0.1, -0.05) is 36.1 Å². The Labute approximate surface area is 156 Å². The molecule has 0 atom stereocenters. The molecule has 0 aromatic heterocycles. The highest BCUT2D eigenvalue weighted by atomic mass is 16.2. The highest BCUT2D eigenvalue weighted by Gasteiger charge is 2.36. The molecule has 134 valence electrons. The summed E-state index contributed by atoms with van der Waals surface area (Å²) in [7, 11) is 0. The average molecular weight is 360 g/mol. The Kier molecular flexibility index (Phi) is 5.13. The summed E-state index contributed by atoms with van der Waals surface area (Å²) >= 11 is 0. The molecule has 1 N–H and O–H groups in total. The largest absolute Gasteiger partial charge is 0.344 e. The number of carbonyl (C=O) groups is 4.